The van der Waals surface area contributed by atoms with Crippen molar-refractivity contribution in [2.45, 2.75) is 0 Å². The minimum Gasteiger partial charge on any atom is -0.364 e. The molecular formula is C12H9BrN6O. The molecule has 0 aliphatic heterocycles. The van der Waals surface area contributed by atoms with Gasteiger partial charge in [-0.15, -0.1) is 0 Å². The van der Waals surface area contributed by atoms with Crippen molar-refractivity contribution in [3.05, 3.63) is 46.8 Å². The topological polar surface area (TPSA) is 102 Å². The Kier molecular flexibility index (Phi) is 3.07. The van der Waals surface area contributed by atoms with Crippen molar-refractivity contribution in [2.24, 2.45) is 5.73 Å². The fourth-order valence-electron chi connectivity index (χ4n) is 1.86. The largest absolute Gasteiger partial charge is 0.364 e. The van der Waals surface area contributed by atoms with E-state index in [1.807, 2.05) is 30.5 Å². The molecule has 3 aromatic rings. The number of aromatic nitrogens is 5. The molecule has 3 rings (SSSR count). The molecule has 1 aromatic carbocycles. The molecule has 8 heteroatoms. The molecule has 20 heavy (non-hydrogen) atoms. The monoisotopic (exact) mass is 332 g/mol. The van der Waals surface area contributed by atoms with Crippen LogP contribution in [0, 0.1) is 0 Å². The van der Waals surface area contributed by atoms with Gasteiger partial charge in [0, 0.05) is 22.4 Å². The molecule has 2 aromatic heterocycles. The zero-order valence-electron chi connectivity index (χ0n) is 10.1. The summed E-state index contributed by atoms with van der Waals surface area (Å²) in [7, 11) is 0. The number of aromatic amines is 1. The number of nitrogens with zero attached hydrogens (tertiary/aromatic N) is 4. The fourth-order valence-corrected chi connectivity index (χ4v) is 2.42. The molecule has 0 unspecified atom stereocenters. The Labute approximate surface area is 121 Å². The highest BCUT2D eigenvalue weighted by atomic mass is 79.9. The quantitative estimate of drug-likeness (QED) is 0.758. The minimum absolute atomic E-state index is 0.115. The first-order valence-corrected chi connectivity index (χ1v) is 6.46. The van der Waals surface area contributed by atoms with Crippen molar-refractivity contribution in [2.75, 3.05) is 0 Å². The molecule has 0 bridgehead atoms. The van der Waals surface area contributed by atoms with E-state index in [1.54, 1.807) is 10.9 Å². The second-order valence-corrected chi connectivity index (χ2v) is 4.86. The van der Waals surface area contributed by atoms with E-state index in [1.165, 1.54) is 0 Å². The number of hydrogen-bond acceptors (Lipinski definition) is 4. The van der Waals surface area contributed by atoms with E-state index < -0.39 is 5.91 Å². The van der Waals surface area contributed by atoms with Gasteiger partial charge in [0.2, 0.25) is 0 Å². The van der Waals surface area contributed by atoms with Crippen LogP contribution in [0.25, 0.3) is 16.9 Å². The third kappa shape index (κ3) is 2.10. The van der Waals surface area contributed by atoms with Crippen molar-refractivity contribution < 1.29 is 4.79 Å². The van der Waals surface area contributed by atoms with E-state index in [-0.39, 0.29) is 5.69 Å². The Morgan fingerprint density at radius 3 is 2.85 bits per heavy atom. The van der Waals surface area contributed by atoms with E-state index in [9.17, 15) is 4.79 Å². The molecule has 0 fully saturated rings. The number of amides is 1. The van der Waals surface area contributed by atoms with Gasteiger partial charge in [-0.3, -0.25) is 4.79 Å². The Morgan fingerprint density at radius 1 is 1.35 bits per heavy atom. The summed E-state index contributed by atoms with van der Waals surface area (Å²) in [5.74, 6) is -0.624. The highest BCUT2D eigenvalue weighted by molar-refractivity contribution is 9.10. The van der Waals surface area contributed by atoms with E-state index >= 15 is 0 Å². The Hall–Kier alpha value is -2.48. The van der Waals surface area contributed by atoms with Crippen molar-refractivity contribution in [1.82, 2.24) is 25.2 Å². The molecule has 0 aliphatic carbocycles. The van der Waals surface area contributed by atoms with Crippen LogP contribution in [-0.4, -0.2) is 31.1 Å². The molecule has 100 valence electrons. The van der Waals surface area contributed by atoms with Crippen LogP contribution in [0.15, 0.2) is 41.1 Å². The Balaban J connectivity index is 2.07. The molecule has 3 N–H and O–H groups in total. The van der Waals surface area contributed by atoms with Crippen LogP contribution in [0.2, 0.25) is 0 Å². The number of carbonyl (C=O) groups is 1. The van der Waals surface area contributed by atoms with Crippen LogP contribution in [0.1, 0.15) is 10.5 Å². The van der Waals surface area contributed by atoms with E-state index in [4.69, 9.17) is 5.73 Å². The third-order valence-corrected chi connectivity index (χ3v) is 3.39. The number of rotatable bonds is 3. The van der Waals surface area contributed by atoms with Gasteiger partial charge in [0.1, 0.15) is 5.69 Å². The summed E-state index contributed by atoms with van der Waals surface area (Å²) in [4.78, 5) is 11.3. The number of nitrogens with two attached hydrogens (primary N) is 1. The molecule has 0 saturated carbocycles. The lowest BCUT2D eigenvalue weighted by Crippen LogP contribution is -2.12. The fraction of sp³-hybridized carbons (Fsp3) is 0. The standard InChI is InChI=1S/C12H9BrN6O/c13-8-6-7(10-11(12(14)20)17-18-16-10)2-3-9(8)19-5-1-4-15-19/h1-6H,(H2,14,20)(H,16,17,18). The predicted octanol–water partition coefficient (Wildman–Crippen LogP) is 1.52. The molecule has 7 nitrogen and oxygen atoms in total. The minimum atomic E-state index is -0.624. The van der Waals surface area contributed by atoms with Crippen LogP contribution in [0.3, 0.4) is 0 Å². The Morgan fingerprint density at radius 2 is 2.20 bits per heavy atom. The summed E-state index contributed by atoms with van der Waals surface area (Å²) < 4.78 is 2.54. The molecule has 0 spiro atoms. The van der Waals surface area contributed by atoms with Gasteiger partial charge < -0.3 is 5.73 Å². The second-order valence-electron chi connectivity index (χ2n) is 4.00. The maximum Gasteiger partial charge on any atom is 0.271 e. The highest BCUT2D eigenvalue weighted by Crippen LogP contribution is 2.27. The lowest BCUT2D eigenvalue weighted by molar-refractivity contribution is 0.0996. The van der Waals surface area contributed by atoms with Crippen LogP contribution < -0.4 is 5.73 Å². The van der Waals surface area contributed by atoms with Gasteiger partial charge in [-0.05, 0) is 34.1 Å². The van der Waals surface area contributed by atoms with Crippen LogP contribution in [-0.2, 0) is 0 Å². The van der Waals surface area contributed by atoms with Crippen LogP contribution in [0.4, 0.5) is 0 Å². The summed E-state index contributed by atoms with van der Waals surface area (Å²) in [6.07, 6.45) is 3.54. The first kappa shape index (κ1) is 12.5. The number of H-pyrrole nitrogens is 1. The number of primary amides is 1. The normalized spacial score (nSPS) is 10.7. The number of nitrogens with one attached hydrogen (secondary N) is 1. The van der Waals surface area contributed by atoms with Crippen LogP contribution >= 0.6 is 15.9 Å². The lowest BCUT2D eigenvalue weighted by atomic mass is 10.1. The average Bonchev–Trinajstić information content (AvgIpc) is 3.10. The molecule has 1 amide bonds. The first-order chi connectivity index (χ1) is 9.66. The van der Waals surface area contributed by atoms with Gasteiger partial charge >= 0.3 is 0 Å². The van der Waals surface area contributed by atoms with Crippen molar-refractivity contribution >= 4 is 21.8 Å². The number of benzene rings is 1. The van der Waals surface area contributed by atoms with Gasteiger partial charge in [0.15, 0.2) is 5.69 Å². The van der Waals surface area contributed by atoms with Crippen molar-refractivity contribution in [3.8, 4) is 16.9 Å². The maximum atomic E-state index is 11.3. The SMILES string of the molecule is NC(=O)c1n[nH]nc1-c1ccc(-n2cccn2)c(Br)c1. The van der Waals surface area contributed by atoms with Crippen molar-refractivity contribution in [1.29, 1.82) is 0 Å². The molecule has 0 saturated heterocycles. The lowest BCUT2D eigenvalue weighted by Gasteiger charge is -2.06. The summed E-state index contributed by atoms with van der Waals surface area (Å²) in [6, 6.07) is 7.36. The zero-order chi connectivity index (χ0) is 14.1. The predicted molar refractivity (Wildman–Crippen MR) is 75.2 cm³/mol. The molecular weight excluding hydrogens is 324 g/mol. The van der Waals surface area contributed by atoms with Gasteiger partial charge in [-0.1, -0.05) is 6.07 Å². The maximum absolute atomic E-state index is 11.3. The summed E-state index contributed by atoms with van der Waals surface area (Å²) in [5, 5.41) is 14.3. The van der Waals surface area contributed by atoms with E-state index in [0.29, 0.717) is 5.69 Å². The van der Waals surface area contributed by atoms with Crippen LogP contribution in [0.5, 0.6) is 0 Å². The summed E-state index contributed by atoms with van der Waals surface area (Å²) in [5.41, 5.74) is 7.40. The van der Waals surface area contributed by atoms with E-state index in [0.717, 1.165) is 15.7 Å². The molecule has 0 aliphatic rings. The molecule has 0 radical (unpaired) electrons. The van der Waals surface area contributed by atoms with Gasteiger partial charge in [0.25, 0.3) is 5.91 Å². The smallest absolute Gasteiger partial charge is 0.271 e. The number of carbonyl (C=O) groups excluding carboxylic acids is 1. The molecule has 0 atom stereocenters. The summed E-state index contributed by atoms with van der Waals surface area (Å²) >= 11 is 3.48. The highest BCUT2D eigenvalue weighted by Gasteiger charge is 2.16. The first-order valence-electron chi connectivity index (χ1n) is 5.67. The van der Waals surface area contributed by atoms with Gasteiger partial charge in [0.05, 0.1) is 5.69 Å². The van der Waals surface area contributed by atoms with Gasteiger partial charge in [-0.25, -0.2) is 4.68 Å². The second kappa shape index (κ2) is 4.89. The Bertz CT molecular complexity index is 764. The molecule has 2 heterocycles. The zero-order valence-corrected chi connectivity index (χ0v) is 11.7. The van der Waals surface area contributed by atoms with E-state index in [2.05, 4.69) is 36.4 Å². The number of halogens is 1. The third-order valence-electron chi connectivity index (χ3n) is 2.75. The number of hydrogen-bond donors (Lipinski definition) is 2. The van der Waals surface area contributed by atoms with Gasteiger partial charge in [-0.2, -0.15) is 20.5 Å². The van der Waals surface area contributed by atoms with Crippen molar-refractivity contribution in [3.63, 3.8) is 0 Å². The summed E-state index contributed by atoms with van der Waals surface area (Å²) in [6.45, 7) is 0. The average molecular weight is 333 g/mol.